The van der Waals surface area contributed by atoms with Crippen LogP contribution in [0.25, 0.3) is 0 Å². The molecule has 3 nitrogen and oxygen atoms in total. The third-order valence-electron chi connectivity index (χ3n) is 1.11. The Labute approximate surface area is 78.9 Å². The van der Waals surface area contributed by atoms with Crippen LogP contribution in [-0.4, -0.2) is 6.09 Å². The van der Waals surface area contributed by atoms with E-state index < -0.39 is 6.09 Å². The molecule has 1 amide bonds. The molecule has 12 heavy (non-hydrogen) atoms. The molecular weight excluding hydrogens is 201 g/mol. The first-order valence-corrected chi connectivity index (χ1v) is 3.77. The van der Waals surface area contributed by atoms with Crippen LogP contribution in [0.1, 0.15) is 0 Å². The van der Waals surface area contributed by atoms with E-state index in [1.165, 1.54) is 18.2 Å². The lowest BCUT2D eigenvalue weighted by Crippen LogP contribution is -2.05. The smallest absolute Gasteiger partial charge is 0.288 e. The summed E-state index contributed by atoms with van der Waals surface area (Å²) in [6.45, 7) is 0. The molecule has 63 valence electrons. The molecule has 0 heterocycles. The fourth-order valence-electron chi connectivity index (χ4n) is 0.744. The molecule has 0 aliphatic heterocycles. The van der Waals surface area contributed by atoms with Gasteiger partial charge in [0, 0.05) is 15.7 Å². The van der Waals surface area contributed by atoms with Crippen LogP contribution in [-0.2, 0) is 5.11 Å². The highest BCUT2D eigenvalue weighted by Gasteiger charge is 2.01. The zero-order valence-corrected chi connectivity index (χ0v) is 7.32. The van der Waals surface area contributed by atoms with Crippen molar-refractivity contribution in [2.75, 3.05) is 5.32 Å². The second-order valence-electron chi connectivity index (χ2n) is 2.07. The maximum absolute atomic E-state index is 10.1. The first kappa shape index (κ1) is 9.16. The van der Waals surface area contributed by atoms with Crippen molar-refractivity contribution >= 4 is 35.0 Å². The molecule has 0 aromatic heterocycles. The van der Waals surface area contributed by atoms with Crippen molar-refractivity contribution in [1.29, 1.82) is 0 Å². The van der Waals surface area contributed by atoms with Gasteiger partial charge in [0.25, 0.3) is 0 Å². The summed E-state index contributed by atoms with van der Waals surface area (Å²) in [4.78, 5) is 10.1. The highest BCUT2D eigenvalue weighted by Crippen LogP contribution is 2.22. The van der Waals surface area contributed by atoms with Crippen LogP contribution < -0.4 is 5.32 Å². The van der Waals surface area contributed by atoms with E-state index in [4.69, 9.17) is 23.2 Å². The van der Waals surface area contributed by atoms with Gasteiger partial charge in [-0.15, -0.1) is 0 Å². The van der Waals surface area contributed by atoms with E-state index >= 15 is 0 Å². The van der Waals surface area contributed by atoms with Crippen LogP contribution in [0, 0.1) is 0 Å². The number of nitrogens with one attached hydrogen (secondary N) is 1. The predicted octanol–water partition coefficient (Wildman–Crippen LogP) is 2.96. The van der Waals surface area contributed by atoms with Crippen LogP contribution in [0.2, 0.25) is 10.0 Å². The van der Waals surface area contributed by atoms with Crippen molar-refractivity contribution in [2.24, 2.45) is 0 Å². The fourth-order valence-corrected chi connectivity index (χ4v) is 1.27. The number of hydrogen-bond donors (Lipinski definition) is 1. The molecule has 0 fully saturated rings. The summed E-state index contributed by atoms with van der Waals surface area (Å²) in [5, 5.41) is 12.8. The normalized spacial score (nSPS) is 9.50. The second kappa shape index (κ2) is 3.65. The van der Waals surface area contributed by atoms with E-state index in [0.29, 0.717) is 15.7 Å². The molecule has 1 radical (unpaired) electrons. The van der Waals surface area contributed by atoms with E-state index in [0.717, 1.165) is 0 Å². The maximum Gasteiger partial charge on any atom is 0.454 e. The number of carbonyl (C=O) groups excluding carboxylic acids is 1. The lowest BCUT2D eigenvalue weighted by Gasteiger charge is -2.00. The molecule has 5 heteroatoms. The molecule has 0 unspecified atom stereocenters. The van der Waals surface area contributed by atoms with Crippen molar-refractivity contribution in [2.45, 2.75) is 0 Å². The molecule has 0 aliphatic rings. The summed E-state index contributed by atoms with van der Waals surface area (Å²) in [6, 6.07) is 4.37. The molecule has 0 saturated carbocycles. The number of benzene rings is 1. The minimum atomic E-state index is -1.40. The average Bonchev–Trinajstić information content (AvgIpc) is 1.81. The number of hydrogen-bond acceptors (Lipinski definition) is 1. The molecule has 0 spiro atoms. The third-order valence-corrected chi connectivity index (χ3v) is 1.55. The monoisotopic (exact) mass is 204 g/mol. The van der Waals surface area contributed by atoms with Crippen molar-refractivity contribution in [3.05, 3.63) is 28.2 Å². The minimum absolute atomic E-state index is 0.299. The topological polar surface area (TPSA) is 49.0 Å². The zero-order chi connectivity index (χ0) is 9.14. The van der Waals surface area contributed by atoms with Gasteiger partial charge in [-0.1, -0.05) is 23.2 Å². The molecule has 0 saturated heterocycles. The van der Waals surface area contributed by atoms with Crippen LogP contribution in [0.5, 0.6) is 0 Å². The van der Waals surface area contributed by atoms with Crippen LogP contribution in [0.3, 0.4) is 0 Å². The summed E-state index contributed by atoms with van der Waals surface area (Å²) in [5.74, 6) is 0. The lowest BCUT2D eigenvalue weighted by molar-refractivity contribution is 0.185. The summed E-state index contributed by atoms with van der Waals surface area (Å²) in [7, 11) is 0. The third kappa shape index (κ3) is 2.60. The summed E-state index contributed by atoms with van der Waals surface area (Å²) < 4.78 is 0. The largest absolute Gasteiger partial charge is 0.454 e. The average molecular weight is 205 g/mol. The van der Waals surface area contributed by atoms with Gasteiger partial charge in [-0.3, -0.25) is 5.32 Å². The van der Waals surface area contributed by atoms with Gasteiger partial charge in [0.15, 0.2) is 0 Å². The van der Waals surface area contributed by atoms with Crippen LogP contribution in [0.4, 0.5) is 10.5 Å². The van der Waals surface area contributed by atoms with Crippen molar-refractivity contribution in [3.8, 4) is 0 Å². The Kier molecular flexibility index (Phi) is 2.78. The Morgan fingerprint density at radius 1 is 1.17 bits per heavy atom. The molecule has 1 rings (SSSR count). The van der Waals surface area contributed by atoms with E-state index in [1.807, 2.05) is 5.32 Å². The fraction of sp³-hybridized carbons (Fsp3) is 0. The Hall–Kier alpha value is -0.930. The Bertz CT molecular complexity index is 294. The molecule has 0 aliphatic carbocycles. The molecule has 1 aromatic rings. The molecule has 0 atom stereocenters. The highest BCUT2D eigenvalue weighted by molar-refractivity contribution is 6.35. The standard InChI is InChI=1S/C7H4Cl2NO2/c8-4-1-5(9)3-6(2-4)10-7(11)12/h1-3,10H. The van der Waals surface area contributed by atoms with Gasteiger partial charge < -0.3 is 0 Å². The van der Waals surface area contributed by atoms with Gasteiger partial charge in [0.1, 0.15) is 0 Å². The SMILES string of the molecule is [O]C(=O)Nc1cc(Cl)cc(Cl)c1. The zero-order valence-electron chi connectivity index (χ0n) is 5.80. The van der Waals surface area contributed by atoms with Crippen molar-refractivity contribution < 1.29 is 9.90 Å². The molecular formula is C7H4Cl2NO2. The molecule has 1 aromatic carbocycles. The summed E-state index contributed by atoms with van der Waals surface area (Å²) >= 11 is 11.2. The summed E-state index contributed by atoms with van der Waals surface area (Å²) in [6.07, 6.45) is -1.40. The van der Waals surface area contributed by atoms with E-state index in [1.54, 1.807) is 0 Å². The Balaban J connectivity index is 2.93. The second-order valence-corrected chi connectivity index (χ2v) is 2.94. The minimum Gasteiger partial charge on any atom is -0.288 e. The molecule has 0 bridgehead atoms. The number of carbonyl (C=O) groups is 1. The van der Waals surface area contributed by atoms with Crippen molar-refractivity contribution in [1.82, 2.24) is 0 Å². The predicted molar refractivity (Wildman–Crippen MR) is 46.2 cm³/mol. The van der Waals surface area contributed by atoms with E-state index in [9.17, 15) is 9.90 Å². The van der Waals surface area contributed by atoms with Crippen LogP contribution >= 0.6 is 23.2 Å². The lowest BCUT2D eigenvalue weighted by atomic mass is 10.3. The van der Waals surface area contributed by atoms with Gasteiger partial charge in [-0.2, -0.15) is 0 Å². The summed E-state index contributed by atoms with van der Waals surface area (Å²) in [5.41, 5.74) is 0.299. The maximum atomic E-state index is 10.1. The van der Waals surface area contributed by atoms with Crippen LogP contribution in [0.15, 0.2) is 18.2 Å². The van der Waals surface area contributed by atoms with Gasteiger partial charge in [0.05, 0.1) is 0 Å². The Morgan fingerprint density at radius 3 is 2.08 bits per heavy atom. The number of anilines is 1. The van der Waals surface area contributed by atoms with Crippen molar-refractivity contribution in [3.63, 3.8) is 0 Å². The van der Waals surface area contributed by atoms with E-state index in [2.05, 4.69) is 0 Å². The van der Waals surface area contributed by atoms with Gasteiger partial charge in [0.2, 0.25) is 0 Å². The van der Waals surface area contributed by atoms with Gasteiger partial charge in [-0.05, 0) is 18.2 Å². The van der Waals surface area contributed by atoms with Gasteiger partial charge in [-0.25, -0.2) is 9.90 Å². The van der Waals surface area contributed by atoms with E-state index in [-0.39, 0.29) is 0 Å². The first-order chi connectivity index (χ1) is 5.58. The van der Waals surface area contributed by atoms with Gasteiger partial charge >= 0.3 is 6.09 Å². The number of rotatable bonds is 1. The highest BCUT2D eigenvalue weighted by atomic mass is 35.5. The number of halogens is 2. The Morgan fingerprint density at radius 2 is 1.67 bits per heavy atom. The quantitative estimate of drug-likeness (QED) is 0.752. The first-order valence-electron chi connectivity index (χ1n) is 3.02. The molecule has 1 N–H and O–H groups in total. The number of amides is 1.